The lowest BCUT2D eigenvalue weighted by molar-refractivity contribution is -0.137. The minimum Gasteiger partial charge on any atom is -0.373 e. The first kappa shape index (κ1) is 15.8. The van der Waals surface area contributed by atoms with Crippen molar-refractivity contribution in [2.24, 2.45) is 0 Å². The van der Waals surface area contributed by atoms with Gasteiger partial charge in [-0.3, -0.25) is 0 Å². The van der Waals surface area contributed by atoms with Crippen molar-refractivity contribution in [1.82, 2.24) is 4.90 Å². The second-order valence-electron chi connectivity index (χ2n) is 5.16. The monoisotopic (exact) mass is 274 g/mol. The van der Waals surface area contributed by atoms with E-state index < -0.39 is 11.7 Å². The van der Waals surface area contributed by atoms with Gasteiger partial charge in [-0.25, -0.2) is 0 Å². The molecule has 1 aromatic carbocycles. The zero-order valence-electron chi connectivity index (χ0n) is 12.1. The van der Waals surface area contributed by atoms with Crippen molar-refractivity contribution in [2.75, 3.05) is 39.1 Å². The first-order valence-electron chi connectivity index (χ1n) is 6.17. The summed E-state index contributed by atoms with van der Waals surface area (Å²) in [6, 6.07) is 2.44. The van der Waals surface area contributed by atoms with Gasteiger partial charge in [0.2, 0.25) is 0 Å². The number of likely N-dealkylation sites (N-methyl/N-ethyl adjacent to an activating group) is 2. The standard InChI is InChI=1S/C14H21F3N2/c1-10-8-12(14(15,16)17)9-13(11(10)2)19(5)7-6-18(3)4/h8-9H,6-7H2,1-5H3. The van der Waals surface area contributed by atoms with E-state index in [9.17, 15) is 13.2 Å². The SMILES string of the molecule is Cc1cc(C(F)(F)F)cc(N(C)CCN(C)C)c1C. The second kappa shape index (κ2) is 5.82. The fourth-order valence-corrected chi connectivity index (χ4v) is 1.87. The van der Waals surface area contributed by atoms with E-state index >= 15 is 0 Å². The molecule has 0 atom stereocenters. The van der Waals surface area contributed by atoms with Crippen molar-refractivity contribution in [3.05, 3.63) is 28.8 Å². The van der Waals surface area contributed by atoms with Crippen molar-refractivity contribution in [3.8, 4) is 0 Å². The molecule has 5 heteroatoms. The molecule has 0 spiro atoms. The summed E-state index contributed by atoms with van der Waals surface area (Å²) in [5, 5.41) is 0. The zero-order chi connectivity index (χ0) is 14.8. The van der Waals surface area contributed by atoms with E-state index in [1.807, 2.05) is 37.9 Å². The molecule has 2 nitrogen and oxygen atoms in total. The van der Waals surface area contributed by atoms with Crippen LogP contribution in [0.25, 0.3) is 0 Å². The molecule has 1 aromatic rings. The highest BCUT2D eigenvalue weighted by atomic mass is 19.4. The van der Waals surface area contributed by atoms with Gasteiger partial charge in [-0.05, 0) is 51.2 Å². The molecule has 0 saturated carbocycles. The van der Waals surface area contributed by atoms with Crippen LogP contribution >= 0.6 is 0 Å². The van der Waals surface area contributed by atoms with E-state index in [0.717, 1.165) is 12.1 Å². The van der Waals surface area contributed by atoms with Crippen LogP contribution in [0.3, 0.4) is 0 Å². The molecular weight excluding hydrogens is 253 g/mol. The van der Waals surface area contributed by atoms with Crippen molar-refractivity contribution in [2.45, 2.75) is 20.0 Å². The Morgan fingerprint density at radius 1 is 1.00 bits per heavy atom. The Kier molecular flexibility index (Phi) is 4.85. The maximum atomic E-state index is 12.8. The number of hydrogen-bond acceptors (Lipinski definition) is 2. The molecule has 0 saturated heterocycles. The van der Waals surface area contributed by atoms with Gasteiger partial charge >= 0.3 is 6.18 Å². The topological polar surface area (TPSA) is 6.48 Å². The van der Waals surface area contributed by atoms with Gasteiger partial charge in [0, 0.05) is 25.8 Å². The maximum absolute atomic E-state index is 12.8. The van der Waals surface area contributed by atoms with E-state index in [-0.39, 0.29) is 0 Å². The molecule has 0 aliphatic carbocycles. The van der Waals surface area contributed by atoms with Gasteiger partial charge < -0.3 is 9.80 Å². The van der Waals surface area contributed by atoms with Gasteiger partial charge in [0.15, 0.2) is 0 Å². The van der Waals surface area contributed by atoms with Gasteiger partial charge in [-0.1, -0.05) is 0 Å². The Morgan fingerprint density at radius 2 is 1.58 bits per heavy atom. The van der Waals surface area contributed by atoms with Crippen molar-refractivity contribution in [1.29, 1.82) is 0 Å². The largest absolute Gasteiger partial charge is 0.416 e. The summed E-state index contributed by atoms with van der Waals surface area (Å²) >= 11 is 0. The molecule has 0 aliphatic rings. The average molecular weight is 274 g/mol. The maximum Gasteiger partial charge on any atom is 0.416 e. The lowest BCUT2D eigenvalue weighted by Gasteiger charge is -2.25. The third kappa shape index (κ3) is 4.13. The highest BCUT2D eigenvalue weighted by Gasteiger charge is 2.31. The molecule has 0 N–H and O–H groups in total. The molecule has 0 aromatic heterocycles. The minimum absolute atomic E-state index is 0.581. The fourth-order valence-electron chi connectivity index (χ4n) is 1.87. The molecule has 0 fully saturated rings. The number of benzene rings is 1. The normalized spacial score (nSPS) is 12.1. The molecule has 108 valence electrons. The lowest BCUT2D eigenvalue weighted by Crippen LogP contribution is -2.29. The van der Waals surface area contributed by atoms with Crippen LogP contribution in [-0.4, -0.2) is 39.1 Å². The number of rotatable bonds is 4. The van der Waals surface area contributed by atoms with Crippen LogP contribution in [0.1, 0.15) is 16.7 Å². The second-order valence-corrected chi connectivity index (χ2v) is 5.16. The minimum atomic E-state index is -4.30. The molecular formula is C14H21F3N2. The molecule has 19 heavy (non-hydrogen) atoms. The molecule has 0 aliphatic heterocycles. The number of halogens is 3. The predicted octanol–water partition coefficient (Wildman–Crippen LogP) is 3.32. The summed E-state index contributed by atoms with van der Waals surface area (Å²) in [5.41, 5.74) is 1.63. The van der Waals surface area contributed by atoms with Gasteiger partial charge in [0.25, 0.3) is 0 Å². The van der Waals surface area contributed by atoms with Gasteiger partial charge in [0.05, 0.1) is 5.56 Å². The van der Waals surface area contributed by atoms with E-state index in [0.29, 0.717) is 17.8 Å². The van der Waals surface area contributed by atoms with E-state index in [1.54, 1.807) is 6.92 Å². The number of nitrogens with zero attached hydrogens (tertiary/aromatic N) is 2. The van der Waals surface area contributed by atoms with Crippen LogP contribution < -0.4 is 4.90 Å². The molecule has 0 heterocycles. The third-order valence-corrected chi connectivity index (χ3v) is 3.26. The van der Waals surface area contributed by atoms with E-state index in [1.165, 1.54) is 12.1 Å². The van der Waals surface area contributed by atoms with Crippen LogP contribution in [0, 0.1) is 13.8 Å². The lowest BCUT2D eigenvalue weighted by atomic mass is 10.0. The Bertz CT molecular complexity index is 439. The summed E-state index contributed by atoms with van der Waals surface area (Å²) in [6.07, 6.45) is -4.30. The highest BCUT2D eigenvalue weighted by Crippen LogP contribution is 2.34. The molecule has 0 radical (unpaired) electrons. The number of anilines is 1. The first-order valence-corrected chi connectivity index (χ1v) is 6.17. The van der Waals surface area contributed by atoms with E-state index in [4.69, 9.17) is 0 Å². The Hall–Kier alpha value is -1.23. The Balaban J connectivity index is 3.09. The van der Waals surface area contributed by atoms with E-state index in [2.05, 4.69) is 0 Å². The summed E-state index contributed by atoms with van der Waals surface area (Å²) in [6.45, 7) is 5.06. The third-order valence-electron chi connectivity index (χ3n) is 3.26. The summed E-state index contributed by atoms with van der Waals surface area (Å²) in [7, 11) is 5.71. The molecule has 1 rings (SSSR count). The van der Waals surface area contributed by atoms with Crippen LogP contribution in [0.2, 0.25) is 0 Å². The Labute approximate surface area is 112 Å². The number of alkyl halides is 3. The summed E-state index contributed by atoms with van der Waals surface area (Å²) < 4.78 is 38.5. The summed E-state index contributed by atoms with van der Waals surface area (Å²) in [4.78, 5) is 3.88. The van der Waals surface area contributed by atoms with Crippen molar-refractivity contribution >= 4 is 5.69 Å². The molecule has 0 amide bonds. The van der Waals surface area contributed by atoms with Gasteiger partial charge in [-0.2, -0.15) is 13.2 Å². The predicted molar refractivity (Wildman–Crippen MR) is 72.7 cm³/mol. The zero-order valence-corrected chi connectivity index (χ0v) is 12.1. The number of aryl methyl sites for hydroxylation is 1. The first-order chi connectivity index (χ1) is 8.62. The quantitative estimate of drug-likeness (QED) is 0.831. The molecule has 0 bridgehead atoms. The Morgan fingerprint density at radius 3 is 2.05 bits per heavy atom. The van der Waals surface area contributed by atoms with Crippen LogP contribution in [0.5, 0.6) is 0 Å². The van der Waals surface area contributed by atoms with Crippen molar-refractivity contribution in [3.63, 3.8) is 0 Å². The smallest absolute Gasteiger partial charge is 0.373 e. The van der Waals surface area contributed by atoms with Crippen molar-refractivity contribution < 1.29 is 13.2 Å². The fraction of sp³-hybridized carbons (Fsp3) is 0.571. The van der Waals surface area contributed by atoms with Gasteiger partial charge in [-0.15, -0.1) is 0 Å². The average Bonchev–Trinajstić information content (AvgIpc) is 2.27. The number of hydrogen-bond donors (Lipinski definition) is 0. The highest BCUT2D eigenvalue weighted by molar-refractivity contribution is 5.58. The van der Waals surface area contributed by atoms with Crippen LogP contribution in [0.15, 0.2) is 12.1 Å². The van der Waals surface area contributed by atoms with Gasteiger partial charge in [0.1, 0.15) is 0 Å². The van der Waals surface area contributed by atoms with Crippen LogP contribution in [-0.2, 0) is 6.18 Å². The molecule has 0 unspecified atom stereocenters. The van der Waals surface area contributed by atoms with Crippen LogP contribution in [0.4, 0.5) is 18.9 Å². The summed E-state index contributed by atoms with van der Waals surface area (Å²) in [5.74, 6) is 0.